The van der Waals surface area contributed by atoms with Gasteiger partial charge in [-0.1, -0.05) is 86.5 Å². The van der Waals surface area contributed by atoms with E-state index in [4.69, 9.17) is 19.2 Å². The topological polar surface area (TPSA) is 148 Å². The molecule has 4 aliphatic rings. The first-order valence-corrected chi connectivity index (χ1v) is 27.8. The smallest absolute Gasteiger partial charge is 0.310 e. The molecule has 3 aliphatic heterocycles. The number of aryl methyl sites for hydroxylation is 1. The Bertz CT molecular complexity index is 2730. The monoisotopic (exact) mass is 1110 g/mol. The summed E-state index contributed by atoms with van der Waals surface area (Å²) >= 11 is 2.28. The van der Waals surface area contributed by atoms with Gasteiger partial charge in [0.25, 0.3) is 11.8 Å². The number of hydrogen-bond donors (Lipinski definition) is 2. The molecule has 2 aromatic carbocycles. The number of likely N-dealkylation sites (tertiary alicyclic amines) is 1. The molecule has 15 heteroatoms. The maximum atomic E-state index is 15.0. The van der Waals surface area contributed by atoms with Gasteiger partial charge in [-0.2, -0.15) is 0 Å². The van der Waals surface area contributed by atoms with E-state index in [0.29, 0.717) is 55.9 Å². The number of cyclic esters (lactones) is 1. The number of benzene rings is 2. The Kier molecular flexibility index (Phi) is 17.1. The molecule has 1 aliphatic carbocycles. The fourth-order valence-electron chi connectivity index (χ4n) is 10.6. The molecule has 2 N–H and O–H groups in total. The van der Waals surface area contributed by atoms with Crippen LogP contribution in [0.2, 0.25) is 0 Å². The molecule has 2 aromatic heterocycles. The van der Waals surface area contributed by atoms with E-state index in [-0.39, 0.29) is 67.5 Å². The van der Waals surface area contributed by atoms with Crippen LogP contribution in [0.25, 0.3) is 33.3 Å². The number of hydrazine groups is 1. The molecule has 2 saturated heterocycles. The quantitative estimate of drug-likeness (QED) is 0.0582. The first-order valence-electron chi connectivity index (χ1n) is 26.3. The van der Waals surface area contributed by atoms with Crippen LogP contribution in [-0.4, -0.2) is 129 Å². The fourth-order valence-corrected chi connectivity index (χ4v) is 11.4. The number of halogens is 1. The van der Waals surface area contributed by atoms with E-state index in [1.165, 1.54) is 0 Å². The predicted octanol–water partition coefficient (Wildman–Crippen LogP) is 8.17. The molecule has 8 rings (SSSR count). The van der Waals surface area contributed by atoms with Crippen LogP contribution in [0.15, 0.2) is 60.8 Å². The molecule has 3 amide bonds. The lowest BCUT2D eigenvalue weighted by molar-refractivity contribution is -0.153. The zero-order chi connectivity index (χ0) is 52.4. The van der Waals surface area contributed by atoms with Gasteiger partial charge in [-0.05, 0) is 125 Å². The predicted molar refractivity (Wildman–Crippen MR) is 293 cm³/mol. The van der Waals surface area contributed by atoms with Gasteiger partial charge in [0.15, 0.2) is 0 Å². The van der Waals surface area contributed by atoms with Crippen molar-refractivity contribution in [3.05, 3.63) is 77.6 Å². The first-order chi connectivity index (χ1) is 34.8. The average Bonchev–Trinajstić information content (AvgIpc) is 4.20. The highest BCUT2D eigenvalue weighted by molar-refractivity contribution is 14.1. The molecule has 0 spiro atoms. The fraction of sp³-hybridized carbons (Fsp3) is 0.569. The van der Waals surface area contributed by atoms with E-state index in [0.717, 1.165) is 62.9 Å². The van der Waals surface area contributed by atoms with Crippen molar-refractivity contribution in [1.82, 2.24) is 35.1 Å². The minimum atomic E-state index is -0.935. The number of rotatable bonds is 13. The Morgan fingerprint density at radius 3 is 2.51 bits per heavy atom. The summed E-state index contributed by atoms with van der Waals surface area (Å²) < 4.78 is 21.4. The summed E-state index contributed by atoms with van der Waals surface area (Å²) in [5, 5.41) is 5.91. The summed E-state index contributed by atoms with van der Waals surface area (Å²) in [5.41, 5.74) is 10.6. The lowest BCUT2D eigenvalue weighted by atomic mass is 9.84. The Hall–Kier alpha value is -4.86. The van der Waals surface area contributed by atoms with Gasteiger partial charge in [0.05, 0.1) is 54.2 Å². The standard InChI is InChI=1S/C58H76IN7O7/c1-11-65-50-22-19-40-29-45(50)46(53(65)44-17-13-25-60-52(44)37(4)71-10)30-57(5,6)35-73-56(70)43-18-14-26-66(62-49(43)31-59)55(69)48(28-38-15-12-16-39(40)27-38)61-54(68)47(36(2)3)34-72-42-32-64(33-42)51(67)23-24-58(7,8)63(9)41-20-21-41/h12-13,15-17,19,22,25,27,29,36-37,41-43,47-49,62H,11,14,18,20-21,26,28,30-35H2,1-10H3,(H,61,68)/t37-,43?,47-,48-,49?/m0/s1. The highest BCUT2D eigenvalue weighted by Gasteiger charge is 2.40. The Morgan fingerprint density at radius 2 is 1.81 bits per heavy atom. The third kappa shape index (κ3) is 12.3. The van der Waals surface area contributed by atoms with Gasteiger partial charge in [-0.25, -0.2) is 5.43 Å². The molecule has 0 radical (unpaired) electrons. The number of methoxy groups -OCH3 is 1. The summed E-state index contributed by atoms with van der Waals surface area (Å²) in [4.78, 5) is 65.6. The largest absolute Gasteiger partial charge is 0.465 e. The summed E-state index contributed by atoms with van der Waals surface area (Å²) in [7, 11) is 3.77. The van der Waals surface area contributed by atoms with Gasteiger partial charge >= 0.3 is 5.97 Å². The third-order valence-corrected chi connectivity index (χ3v) is 16.5. The van der Waals surface area contributed by atoms with Crippen LogP contribution < -0.4 is 10.7 Å². The zero-order valence-corrected chi connectivity index (χ0v) is 46.7. The number of ether oxygens (including phenoxy) is 3. The second-order valence-corrected chi connectivity index (χ2v) is 23.2. The van der Waals surface area contributed by atoms with E-state index in [1.54, 1.807) is 17.0 Å². The van der Waals surface area contributed by atoms with E-state index in [1.807, 2.05) is 59.0 Å². The molecule has 73 heavy (non-hydrogen) atoms. The van der Waals surface area contributed by atoms with Crippen LogP contribution in [-0.2, 0) is 52.8 Å². The van der Waals surface area contributed by atoms with Crippen LogP contribution in [0.5, 0.6) is 0 Å². The molecule has 5 heterocycles. The van der Waals surface area contributed by atoms with E-state index >= 15 is 0 Å². The summed E-state index contributed by atoms with van der Waals surface area (Å²) in [6, 6.07) is 18.1. The molecule has 1 saturated carbocycles. The second-order valence-electron chi connectivity index (χ2n) is 22.3. The Morgan fingerprint density at radius 1 is 1.05 bits per heavy atom. The van der Waals surface area contributed by atoms with Crippen molar-refractivity contribution in [2.45, 2.75) is 136 Å². The van der Waals surface area contributed by atoms with Gasteiger partial charge in [0.1, 0.15) is 6.04 Å². The maximum absolute atomic E-state index is 15.0. The van der Waals surface area contributed by atoms with E-state index < -0.39 is 28.8 Å². The van der Waals surface area contributed by atoms with Crippen molar-refractivity contribution in [3.63, 3.8) is 0 Å². The van der Waals surface area contributed by atoms with Gasteiger partial charge in [-0.15, -0.1) is 0 Å². The van der Waals surface area contributed by atoms with Gasteiger partial charge in [0, 0.05) is 84.3 Å². The maximum Gasteiger partial charge on any atom is 0.310 e. The number of aromatic nitrogens is 2. The van der Waals surface area contributed by atoms with Crippen molar-refractivity contribution in [3.8, 4) is 34.2 Å². The molecule has 2 unspecified atom stereocenters. The van der Waals surface area contributed by atoms with Gasteiger partial charge in [-0.3, -0.25) is 34.1 Å². The minimum Gasteiger partial charge on any atom is -0.465 e. The molecule has 14 nitrogen and oxygen atoms in total. The number of hydrogen-bond acceptors (Lipinski definition) is 10. The normalized spacial score (nSPS) is 21.7. The number of carbonyl (C=O) groups excluding carboxylic acids is 4. The highest BCUT2D eigenvalue weighted by Crippen LogP contribution is 2.42. The number of amides is 3. The van der Waals surface area contributed by atoms with Crippen LogP contribution in [0.3, 0.4) is 0 Å². The SMILES string of the molecule is CCn1c(-c2cccnc2[C@H](C)OC)c2c3cc(ccc31)-c1cccc(c1)C[C@H](NC(=O)[C@@H](COC1CN(C(=O)C#CC(C)(C)N(C)C3CC3)C1)C(C)C)C(=O)N1CCCC(C(=O)OCC(C)(C)C2)C(CI)N1. The Labute approximate surface area is 446 Å². The number of carbonyl (C=O) groups is 4. The average molecular weight is 1110 g/mol. The van der Waals surface area contributed by atoms with Gasteiger partial charge in [0.2, 0.25) is 5.91 Å². The molecule has 6 bridgehead atoms. The summed E-state index contributed by atoms with van der Waals surface area (Å²) in [6.07, 6.45) is 5.63. The molecule has 392 valence electrons. The van der Waals surface area contributed by atoms with E-state index in [2.05, 4.69) is 119 Å². The number of alkyl halides is 1. The molecule has 3 fully saturated rings. The lowest BCUT2D eigenvalue weighted by Gasteiger charge is -2.38. The summed E-state index contributed by atoms with van der Waals surface area (Å²) in [5.74, 6) is 3.82. The number of nitrogens with one attached hydrogen (secondary N) is 2. The molecular formula is C58H76IN7O7. The minimum absolute atomic E-state index is 0.108. The van der Waals surface area contributed by atoms with Crippen LogP contribution in [0.1, 0.15) is 104 Å². The van der Waals surface area contributed by atoms with Crippen molar-refractivity contribution in [2.24, 2.45) is 23.2 Å². The molecular weight excluding hydrogens is 1030 g/mol. The van der Waals surface area contributed by atoms with Crippen LogP contribution in [0, 0.1) is 35.0 Å². The third-order valence-electron chi connectivity index (χ3n) is 15.6. The number of fused-ring (bicyclic) bond motifs is 7. The van der Waals surface area contributed by atoms with Crippen molar-refractivity contribution < 1.29 is 33.4 Å². The summed E-state index contributed by atoms with van der Waals surface area (Å²) in [6.45, 7) is 18.8. The van der Waals surface area contributed by atoms with Crippen LogP contribution >= 0.6 is 22.6 Å². The number of nitrogens with zero attached hydrogens (tertiary/aromatic N) is 5. The highest BCUT2D eigenvalue weighted by atomic mass is 127. The zero-order valence-electron chi connectivity index (χ0n) is 44.6. The molecule has 4 aromatic rings. The van der Waals surface area contributed by atoms with E-state index in [9.17, 15) is 19.2 Å². The Balaban J connectivity index is 1.10. The lowest BCUT2D eigenvalue weighted by Crippen LogP contribution is -2.58. The number of pyridine rings is 1. The molecule has 5 atom stereocenters. The number of esters is 1. The second kappa shape index (κ2) is 22.9. The van der Waals surface area contributed by atoms with Crippen LogP contribution in [0.4, 0.5) is 0 Å². The van der Waals surface area contributed by atoms with Crippen molar-refractivity contribution in [1.29, 1.82) is 0 Å². The first kappa shape index (κ1) is 54.4. The van der Waals surface area contributed by atoms with Gasteiger partial charge < -0.3 is 29.0 Å². The van der Waals surface area contributed by atoms with Crippen molar-refractivity contribution in [2.75, 3.05) is 51.4 Å². The van der Waals surface area contributed by atoms with Crippen molar-refractivity contribution >= 4 is 57.2 Å².